The number of aromatic nitrogens is 4. The lowest BCUT2D eigenvalue weighted by Gasteiger charge is -2.12. The number of ether oxygens (including phenoxy) is 1. The molecule has 0 fully saturated rings. The fourth-order valence-electron chi connectivity index (χ4n) is 1.70. The number of carboxylic acids is 1. The molecule has 0 radical (unpaired) electrons. The van der Waals surface area contributed by atoms with E-state index in [0.29, 0.717) is 0 Å². The molecule has 12 nitrogen and oxygen atoms in total. The Bertz CT molecular complexity index is 769. The highest BCUT2D eigenvalue weighted by Crippen LogP contribution is 2.07. The zero-order chi connectivity index (χ0) is 19.9. The molecule has 0 bridgehead atoms. The number of nitrogens with one attached hydrogen (secondary N) is 1. The summed E-state index contributed by atoms with van der Waals surface area (Å²) in [7, 11) is 0. The van der Waals surface area contributed by atoms with Gasteiger partial charge in [-0.05, 0) is 5.92 Å². The normalized spacial score (nSPS) is 12.3. The van der Waals surface area contributed by atoms with E-state index in [9.17, 15) is 9.59 Å². The Kier molecular flexibility index (Phi) is 8.12. The lowest BCUT2D eigenvalue weighted by atomic mass is 10.1. The van der Waals surface area contributed by atoms with Gasteiger partial charge in [0.15, 0.2) is 11.2 Å². The lowest BCUT2D eigenvalue weighted by molar-refractivity contribution is -0.139. The van der Waals surface area contributed by atoms with Crippen LogP contribution in [0.25, 0.3) is 11.2 Å². The quantitative estimate of drug-likeness (QED) is 0.318. The Morgan fingerprint density at radius 1 is 1.38 bits per heavy atom. The van der Waals surface area contributed by atoms with E-state index in [-0.39, 0.29) is 43.0 Å². The van der Waals surface area contributed by atoms with Gasteiger partial charge in [0, 0.05) is 0 Å². The highest BCUT2D eigenvalue weighted by atomic mass is 16.5. The number of aromatic amines is 1. The van der Waals surface area contributed by atoms with Gasteiger partial charge in [-0.2, -0.15) is 4.98 Å². The Hall–Kier alpha value is -2.54. The summed E-state index contributed by atoms with van der Waals surface area (Å²) < 4.78 is 6.66. The van der Waals surface area contributed by atoms with Crippen LogP contribution in [0.2, 0.25) is 0 Å². The number of carbonyl (C=O) groups is 1. The molecule has 12 heteroatoms. The summed E-state index contributed by atoms with van der Waals surface area (Å²) in [6, 6.07) is -0.713. The molecule has 0 aliphatic carbocycles. The van der Waals surface area contributed by atoms with Crippen LogP contribution < -0.4 is 17.0 Å². The van der Waals surface area contributed by atoms with Crippen LogP contribution in [-0.4, -0.2) is 66.2 Å². The summed E-state index contributed by atoms with van der Waals surface area (Å²) in [5, 5.41) is 25.9. The van der Waals surface area contributed by atoms with Crippen LogP contribution in [0.5, 0.6) is 0 Å². The molecule has 2 aromatic rings. The second-order valence-electron chi connectivity index (χ2n) is 5.73. The fourth-order valence-corrected chi connectivity index (χ4v) is 1.70. The van der Waals surface area contributed by atoms with E-state index in [1.807, 2.05) is 0 Å². The number of hydrogen-bond donors (Lipinski definition) is 6. The number of anilines is 1. The number of aliphatic hydroxyl groups excluding tert-OH is 2. The highest BCUT2D eigenvalue weighted by molar-refractivity contribution is 5.73. The molecule has 0 amide bonds. The smallest absolute Gasteiger partial charge is 0.320 e. The Labute approximate surface area is 148 Å². The first-order valence-corrected chi connectivity index (χ1v) is 7.73. The minimum absolute atomic E-state index is 0.00181. The molecule has 2 heterocycles. The molecule has 0 saturated carbocycles. The number of aliphatic hydroxyl groups is 2. The Morgan fingerprint density at radius 2 is 2.00 bits per heavy atom. The summed E-state index contributed by atoms with van der Waals surface area (Å²) in [6.45, 7) is 2.94. The molecule has 1 unspecified atom stereocenters. The summed E-state index contributed by atoms with van der Waals surface area (Å²) >= 11 is 0. The number of fused-ring (bicyclic) bond motifs is 1. The van der Waals surface area contributed by atoms with Crippen LogP contribution in [0.3, 0.4) is 0 Å². The van der Waals surface area contributed by atoms with Gasteiger partial charge in [-0.1, -0.05) is 13.8 Å². The zero-order valence-electron chi connectivity index (χ0n) is 14.5. The first-order chi connectivity index (χ1) is 12.2. The van der Waals surface area contributed by atoms with Crippen molar-refractivity contribution in [1.29, 1.82) is 0 Å². The average Bonchev–Trinajstić information content (AvgIpc) is 2.98. The minimum atomic E-state index is -0.931. The van der Waals surface area contributed by atoms with Gasteiger partial charge in [-0.25, -0.2) is 4.98 Å². The molecule has 0 aliphatic heterocycles. The summed E-state index contributed by atoms with van der Waals surface area (Å²) in [6.07, 6.45) is 0.680. The molecule has 0 saturated heterocycles. The van der Waals surface area contributed by atoms with E-state index >= 15 is 0 Å². The number of aliphatic carboxylic acids is 1. The first-order valence-electron chi connectivity index (χ1n) is 7.73. The van der Waals surface area contributed by atoms with E-state index in [0.717, 1.165) is 0 Å². The van der Waals surface area contributed by atoms with Gasteiger partial charge in [-0.15, -0.1) is 0 Å². The van der Waals surface area contributed by atoms with Crippen molar-refractivity contribution < 1.29 is 24.9 Å². The van der Waals surface area contributed by atoms with Gasteiger partial charge in [0.05, 0.1) is 19.5 Å². The number of carboxylic acid groups (broad SMARTS) is 1. The van der Waals surface area contributed by atoms with Crippen LogP contribution in [0.15, 0.2) is 11.1 Å². The second kappa shape index (κ2) is 9.82. The topological polar surface area (TPSA) is 203 Å². The molecule has 0 spiro atoms. The number of nitrogens with zero attached hydrogens (tertiary/aromatic N) is 3. The minimum Gasteiger partial charge on any atom is -0.480 e. The molecule has 146 valence electrons. The van der Waals surface area contributed by atoms with Gasteiger partial charge < -0.3 is 31.5 Å². The van der Waals surface area contributed by atoms with E-state index in [2.05, 4.69) is 15.0 Å². The van der Waals surface area contributed by atoms with E-state index in [4.69, 9.17) is 31.5 Å². The lowest BCUT2D eigenvalue weighted by Crippen LogP contribution is -2.34. The number of H-pyrrole nitrogens is 1. The maximum absolute atomic E-state index is 11.5. The van der Waals surface area contributed by atoms with Crippen LogP contribution >= 0.6 is 0 Å². The molecule has 2 aromatic heterocycles. The predicted molar refractivity (Wildman–Crippen MR) is 92.1 cm³/mol. The van der Waals surface area contributed by atoms with Crippen LogP contribution in [0.1, 0.15) is 13.8 Å². The Morgan fingerprint density at radius 3 is 2.46 bits per heavy atom. The predicted octanol–water partition coefficient (Wildman–Crippen LogP) is -1.92. The standard InChI is InChI=1S/C9H13N5O4.C5H11NO2/c10-9-12-7-6(8(17)13-9)11-3-14(7)4-18-5(1-15)2-16;1-3(2)4(6)5(7)8/h3,5,15-16H,1-2,4H2,(H3,10,12,13,17);3-4H,6H2,1-2H3,(H,7,8). The maximum atomic E-state index is 11.5. The largest absolute Gasteiger partial charge is 0.480 e. The summed E-state index contributed by atoms with van der Waals surface area (Å²) in [5.41, 5.74) is 10.6. The van der Waals surface area contributed by atoms with Crippen molar-refractivity contribution in [1.82, 2.24) is 19.5 Å². The number of nitrogens with two attached hydrogens (primary N) is 2. The van der Waals surface area contributed by atoms with Gasteiger partial charge in [0.2, 0.25) is 5.95 Å². The van der Waals surface area contributed by atoms with Crippen molar-refractivity contribution in [3.63, 3.8) is 0 Å². The van der Waals surface area contributed by atoms with Crippen molar-refractivity contribution in [2.75, 3.05) is 18.9 Å². The Balaban J connectivity index is 0.000000359. The third-order valence-electron chi connectivity index (χ3n) is 3.35. The van der Waals surface area contributed by atoms with Crippen molar-refractivity contribution in [3.8, 4) is 0 Å². The van der Waals surface area contributed by atoms with Crippen molar-refractivity contribution in [2.45, 2.75) is 32.7 Å². The van der Waals surface area contributed by atoms with Crippen molar-refractivity contribution >= 4 is 23.1 Å². The number of rotatable bonds is 7. The van der Waals surface area contributed by atoms with Gasteiger partial charge in [0.1, 0.15) is 18.9 Å². The van der Waals surface area contributed by atoms with Gasteiger partial charge in [-0.3, -0.25) is 19.1 Å². The van der Waals surface area contributed by atoms with Crippen molar-refractivity contribution in [3.05, 3.63) is 16.7 Å². The van der Waals surface area contributed by atoms with Crippen molar-refractivity contribution in [2.24, 2.45) is 11.7 Å². The third-order valence-corrected chi connectivity index (χ3v) is 3.35. The molecular weight excluding hydrogens is 348 g/mol. The zero-order valence-corrected chi connectivity index (χ0v) is 14.5. The highest BCUT2D eigenvalue weighted by Gasteiger charge is 2.14. The number of hydrogen-bond acceptors (Lipinski definition) is 9. The van der Waals surface area contributed by atoms with Crippen LogP contribution in [0, 0.1) is 5.92 Å². The monoisotopic (exact) mass is 372 g/mol. The summed E-state index contributed by atoms with van der Waals surface area (Å²) in [4.78, 5) is 31.7. The summed E-state index contributed by atoms with van der Waals surface area (Å²) in [5.74, 6) is -0.928. The molecule has 8 N–H and O–H groups in total. The maximum Gasteiger partial charge on any atom is 0.320 e. The molecular formula is C14H24N6O6. The van der Waals surface area contributed by atoms with Gasteiger partial charge >= 0.3 is 5.97 Å². The van der Waals surface area contributed by atoms with Crippen LogP contribution in [0.4, 0.5) is 5.95 Å². The second-order valence-corrected chi connectivity index (χ2v) is 5.73. The molecule has 2 rings (SSSR count). The molecule has 0 aromatic carbocycles. The van der Waals surface area contributed by atoms with E-state index in [1.54, 1.807) is 13.8 Å². The molecule has 1 atom stereocenters. The molecule has 0 aliphatic rings. The average molecular weight is 372 g/mol. The third kappa shape index (κ3) is 5.77. The van der Waals surface area contributed by atoms with Gasteiger partial charge in [0.25, 0.3) is 5.56 Å². The first kappa shape index (κ1) is 21.5. The molecule has 26 heavy (non-hydrogen) atoms. The number of imidazole rings is 1. The van der Waals surface area contributed by atoms with Crippen LogP contribution in [-0.2, 0) is 16.3 Å². The fraction of sp³-hybridized carbons (Fsp3) is 0.571. The van der Waals surface area contributed by atoms with E-state index < -0.39 is 23.7 Å². The SMILES string of the molecule is CC(C)C(N)C(=O)O.Nc1nc2c(ncn2COC(CO)CO)c(=O)[nH]1. The number of nitrogen functional groups attached to an aromatic ring is 1. The van der Waals surface area contributed by atoms with E-state index in [1.165, 1.54) is 10.9 Å².